The zero-order chi connectivity index (χ0) is 26.5. The Balaban J connectivity index is 6.46. The Hall–Kier alpha value is -1.90. The Bertz CT molecular complexity index is 687. The van der Waals surface area contributed by atoms with Crippen molar-refractivity contribution in [2.24, 2.45) is 0 Å². The highest BCUT2D eigenvalue weighted by Gasteiger charge is 2.91. The van der Waals surface area contributed by atoms with Gasteiger partial charge in [-0.05, 0) is 12.8 Å². The molecule has 33 heavy (non-hydrogen) atoms. The first-order chi connectivity index (χ1) is 14.7. The monoisotopic (exact) mass is 516 g/mol. The van der Waals surface area contributed by atoms with Gasteiger partial charge in [-0.3, -0.25) is 4.79 Å². The normalized spacial score (nSPS) is 14.9. The number of hydrogen-bond donors (Lipinski definition) is 2. The summed E-state index contributed by atoms with van der Waals surface area (Å²) >= 11 is 0. The fourth-order valence-electron chi connectivity index (χ4n) is 2.16. The zero-order valence-corrected chi connectivity index (χ0v) is 17.1. The molecule has 0 spiro atoms. The minimum atomic E-state index is -8.00. The molecule has 196 valence electrons. The van der Waals surface area contributed by atoms with E-state index in [4.69, 9.17) is 0 Å². The van der Waals surface area contributed by atoms with Gasteiger partial charge >= 0.3 is 35.8 Å². The van der Waals surface area contributed by atoms with E-state index in [1.54, 1.807) is 6.92 Å². The van der Waals surface area contributed by atoms with Crippen LogP contribution in [0.25, 0.3) is 0 Å². The van der Waals surface area contributed by atoms with Crippen molar-refractivity contribution < 1.29 is 61.9 Å². The molecule has 0 aliphatic carbocycles. The van der Waals surface area contributed by atoms with Gasteiger partial charge in [0.2, 0.25) is 5.91 Å². The summed E-state index contributed by atoms with van der Waals surface area (Å²) in [5.74, 6) is -39.3. The number of carbonyl (C=O) groups excluding carboxylic acids is 1. The number of halogens is 13. The van der Waals surface area contributed by atoms with E-state index in [2.05, 4.69) is 0 Å². The third-order valence-electron chi connectivity index (χ3n) is 4.22. The molecule has 0 saturated carbocycles. The molecule has 0 atom stereocenters. The smallest absolute Gasteiger partial charge is 0.383 e. The van der Waals surface area contributed by atoms with Crippen molar-refractivity contribution >= 4 is 5.91 Å². The summed E-state index contributed by atoms with van der Waals surface area (Å²) in [6.07, 6.45) is -7.01. The molecular formula is C17H21F13N2O. The number of carbonyl (C=O) groups is 1. The third kappa shape index (κ3) is 5.97. The van der Waals surface area contributed by atoms with Gasteiger partial charge < -0.3 is 10.6 Å². The second-order valence-corrected chi connectivity index (χ2v) is 6.85. The fraction of sp³-hybridized carbons (Fsp3) is 0.824. The number of allylic oxidation sites excluding steroid dienone is 1. The fourth-order valence-corrected chi connectivity index (χ4v) is 2.16. The number of nitrogens with one attached hydrogen (secondary N) is 2. The van der Waals surface area contributed by atoms with Crippen LogP contribution in [0.2, 0.25) is 0 Å². The highest BCUT2D eigenvalue weighted by atomic mass is 19.4. The topological polar surface area (TPSA) is 41.1 Å². The molecule has 0 fully saturated rings. The predicted molar refractivity (Wildman–Crippen MR) is 89.7 cm³/mol. The van der Waals surface area contributed by atoms with Crippen LogP contribution < -0.4 is 10.6 Å². The summed E-state index contributed by atoms with van der Waals surface area (Å²) < 4.78 is 173. The largest absolute Gasteiger partial charge is 0.460 e. The maximum absolute atomic E-state index is 14.4. The number of alkyl halides is 13. The third-order valence-corrected chi connectivity index (χ3v) is 4.22. The van der Waals surface area contributed by atoms with E-state index in [0.717, 1.165) is 0 Å². The van der Waals surface area contributed by atoms with Crippen molar-refractivity contribution in [2.75, 3.05) is 13.1 Å². The molecule has 1 amide bonds. The predicted octanol–water partition coefficient (Wildman–Crippen LogP) is 5.92. The Morgan fingerprint density at radius 1 is 0.636 bits per heavy atom. The molecule has 0 aliphatic heterocycles. The average Bonchev–Trinajstić information content (AvgIpc) is 2.65. The Morgan fingerprint density at radius 2 is 1.03 bits per heavy atom. The molecule has 0 saturated heterocycles. The van der Waals surface area contributed by atoms with Crippen LogP contribution in [0.1, 0.15) is 39.5 Å². The van der Waals surface area contributed by atoms with Crippen LogP contribution in [0, 0.1) is 0 Å². The van der Waals surface area contributed by atoms with Gasteiger partial charge in [0, 0.05) is 19.2 Å². The van der Waals surface area contributed by atoms with Crippen molar-refractivity contribution in [3.63, 3.8) is 0 Å². The molecule has 16 heteroatoms. The van der Waals surface area contributed by atoms with Crippen LogP contribution in [-0.4, -0.2) is 54.8 Å². The van der Waals surface area contributed by atoms with Crippen LogP contribution in [0.3, 0.4) is 0 Å². The summed E-state index contributed by atoms with van der Waals surface area (Å²) in [6, 6.07) is 0. The second-order valence-electron chi connectivity index (χ2n) is 6.85. The molecule has 0 aliphatic rings. The first kappa shape index (κ1) is 31.1. The lowest BCUT2D eigenvalue weighted by Gasteiger charge is -2.40. The Labute approximate surface area is 179 Å². The lowest BCUT2D eigenvalue weighted by atomic mass is 9.92. The Kier molecular flexibility index (Phi) is 9.96. The summed E-state index contributed by atoms with van der Waals surface area (Å²) in [5.41, 5.74) is -2.37. The van der Waals surface area contributed by atoms with Gasteiger partial charge in [-0.1, -0.05) is 26.7 Å². The van der Waals surface area contributed by atoms with Crippen LogP contribution in [-0.2, 0) is 4.79 Å². The van der Waals surface area contributed by atoms with E-state index in [1.165, 1.54) is 12.2 Å². The SMILES string of the molecule is CCCCNC(=O)/C=C(\NCCCC)C(F)(F)C(F)(F)C(F)(F)C(F)(F)C(F)(F)C(F)(F)F. The molecule has 3 nitrogen and oxygen atoms in total. The molecule has 2 N–H and O–H groups in total. The quantitative estimate of drug-likeness (QED) is 0.182. The standard InChI is InChI=1S/C17H21F13N2O/c1-3-5-7-31-10(9-11(33)32-8-6-4-2)12(18,19)13(20,21)14(22,23)15(24,25)16(26,27)17(28,29)30/h9,31H,3-8H2,1-2H3,(H,32,33)/b10-9-. The minimum Gasteiger partial charge on any atom is -0.383 e. The zero-order valence-electron chi connectivity index (χ0n) is 17.1. The second kappa shape index (κ2) is 10.6. The highest BCUT2D eigenvalue weighted by molar-refractivity contribution is 5.88. The van der Waals surface area contributed by atoms with E-state index in [9.17, 15) is 61.9 Å². The Morgan fingerprint density at radius 3 is 1.42 bits per heavy atom. The molecule has 0 rings (SSSR count). The van der Waals surface area contributed by atoms with Gasteiger partial charge in [-0.15, -0.1) is 0 Å². The van der Waals surface area contributed by atoms with Crippen molar-refractivity contribution in [3.05, 3.63) is 11.8 Å². The summed E-state index contributed by atoms with van der Waals surface area (Å²) in [5, 5.41) is 3.37. The molecule has 0 bridgehead atoms. The summed E-state index contributed by atoms with van der Waals surface area (Å²) in [7, 11) is 0. The van der Waals surface area contributed by atoms with E-state index in [-0.39, 0.29) is 31.9 Å². The average molecular weight is 516 g/mol. The minimum absolute atomic E-state index is 0.0882. The van der Waals surface area contributed by atoms with Crippen LogP contribution in [0.4, 0.5) is 57.1 Å². The van der Waals surface area contributed by atoms with E-state index < -0.39 is 53.9 Å². The first-order valence-corrected chi connectivity index (χ1v) is 9.36. The molecule has 0 aromatic carbocycles. The number of amides is 1. The number of rotatable bonds is 13. The molecule has 0 aromatic heterocycles. The summed E-state index contributed by atoms with van der Waals surface area (Å²) in [4.78, 5) is 11.7. The van der Waals surface area contributed by atoms with Crippen molar-refractivity contribution in [1.29, 1.82) is 0 Å². The first-order valence-electron chi connectivity index (χ1n) is 9.36. The molecular weight excluding hydrogens is 495 g/mol. The summed E-state index contributed by atoms with van der Waals surface area (Å²) in [6.45, 7) is 2.22. The molecule has 0 radical (unpaired) electrons. The lowest BCUT2D eigenvalue weighted by Crippen LogP contribution is -2.70. The van der Waals surface area contributed by atoms with Gasteiger partial charge in [0.05, 0.1) is 5.70 Å². The van der Waals surface area contributed by atoms with E-state index in [0.29, 0.717) is 6.42 Å². The maximum Gasteiger partial charge on any atom is 0.460 e. The van der Waals surface area contributed by atoms with Gasteiger partial charge in [0.1, 0.15) is 0 Å². The van der Waals surface area contributed by atoms with Crippen LogP contribution in [0.15, 0.2) is 11.8 Å². The van der Waals surface area contributed by atoms with Crippen molar-refractivity contribution in [3.8, 4) is 0 Å². The molecule has 0 aromatic rings. The van der Waals surface area contributed by atoms with E-state index in [1.807, 2.05) is 5.32 Å². The molecule has 0 unspecified atom stereocenters. The van der Waals surface area contributed by atoms with Crippen LogP contribution in [0.5, 0.6) is 0 Å². The number of unbranched alkanes of at least 4 members (excludes halogenated alkanes) is 2. The van der Waals surface area contributed by atoms with Crippen molar-refractivity contribution in [2.45, 2.75) is 75.3 Å². The lowest BCUT2D eigenvalue weighted by molar-refractivity contribution is -0.437. The number of hydrogen-bond acceptors (Lipinski definition) is 2. The van der Waals surface area contributed by atoms with Gasteiger partial charge in [0.15, 0.2) is 0 Å². The van der Waals surface area contributed by atoms with E-state index >= 15 is 0 Å². The maximum atomic E-state index is 14.4. The van der Waals surface area contributed by atoms with Gasteiger partial charge in [0.25, 0.3) is 0 Å². The van der Waals surface area contributed by atoms with Gasteiger partial charge in [-0.2, -0.15) is 57.1 Å². The molecule has 0 heterocycles. The highest BCUT2D eigenvalue weighted by Crippen LogP contribution is 2.61. The van der Waals surface area contributed by atoms with Gasteiger partial charge in [-0.25, -0.2) is 0 Å². The van der Waals surface area contributed by atoms with Crippen molar-refractivity contribution in [1.82, 2.24) is 10.6 Å². The van der Waals surface area contributed by atoms with Crippen LogP contribution >= 0.6 is 0 Å².